The summed E-state index contributed by atoms with van der Waals surface area (Å²) >= 11 is 0. The number of nitrogens with zero attached hydrogens (tertiary/aromatic N) is 5. The Balaban J connectivity index is 1.30. The molecule has 0 spiro atoms. The van der Waals surface area contributed by atoms with Gasteiger partial charge in [0, 0.05) is 31.6 Å². The van der Waals surface area contributed by atoms with Crippen LogP contribution in [0.25, 0.3) is 21.9 Å². The van der Waals surface area contributed by atoms with E-state index in [0.717, 1.165) is 77.8 Å². The minimum Gasteiger partial charge on any atom is -0.494 e. The van der Waals surface area contributed by atoms with Crippen molar-refractivity contribution in [3.63, 3.8) is 0 Å². The summed E-state index contributed by atoms with van der Waals surface area (Å²) in [4.78, 5) is 22.1. The summed E-state index contributed by atoms with van der Waals surface area (Å²) < 4.78 is 19.1. The Labute approximate surface area is 186 Å². The van der Waals surface area contributed by atoms with Gasteiger partial charge >= 0.3 is 0 Å². The van der Waals surface area contributed by atoms with Crippen molar-refractivity contribution in [1.29, 1.82) is 0 Å². The number of fused-ring (bicyclic) bond motifs is 2. The van der Waals surface area contributed by atoms with Gasteiger partial charge in [0.05, 0.1) is 35.4 Å². The Morgan fingerprint density at radius 2 is 1.88 bits per heavy atom. The molecule has 0 saturated carbocycles. The van der Waals surface area contributed by atoms with Crippen molar-refractivity contribution in [3.8, 4) is 5.75 Å². The highest BCUT2D eigenvalue weighted by Crippen LogP contribution is 2.25. The van der Waals surface area contributed by atoms with Gasteiger partial charge in [-0.15, -0.1) is 0 Å². The number of rotatable bonds is 5. The van der Waals surface area contributed by atoms with Crippen LogP contribution in [0.15, 0.2) is 36.4 Å². The fourth-order valence-corrected chi connectivity index (χ4v) is 4.29. The Hall–Kier alpha value is -3.26. The Morgan fingerprint density at radius 1 is 1.00 bits per heavy atom. The highest BCUT2D eigenvalue weighted by atomic mass is 19.1. The van der Waals surface area contributed by atoms with Gasteiger partial charge in [-0.3, -0.25) is 4.90 Å². The van der Waals surface area contributed by atoms with E-state index in [4.69, 9.17) is 14.7 Å². The lowest BCUT2D eigenvalue weighted by atomic mass is 10.2. The number of imidazole rings is 1. The largest absolute Gasteiger partial charge is 0.494 e. The molecular weight excluding hydrogens is 407 g/mol. The number of halogens is 1. The van der Waals surface area contributed by atoms with Crippen LogP contribution in [0, 0.1) is 12.7 Å². The van der Waals surface area contributed by atoms with Gasteiger partial charge in [0.2, 0.25) is 5.95 Å². The monoisotopic (exact) mass is 434 g/mol. The minimum absolute atomic E-state index is 0.252. The summed E-state index contributed by atoms with van der Waals surface area (Å²) in [5, 5.41) is 1.03. The smallest absolute Gasteiger partial charge is 0.226 e. The van der Waals surface area contributed by atoms with E-state index >= 15 is 0 Å². The first-order valence-electron chi connectivity index (χ1n) is 11.1. The second kappa shape index (κ2) is 8.70. The number of hydrogen-bond donors (Lipinski definition) is 1. The molecule has 2 aromatic heterocycles. The molecule has 2 aromatic carbocycles. The molecule has 3 heterocycles. The summed E-state index contributed by atoms with van der Waals surface area (Å²) in [6, 6.07) is 10.6. The average molecular weight is 435 g/mol. The van der Waals surface area contributed by atoms with Crippen LogP contribution in [0.5, 0.6) is 5.75 Å². The van der Waals surface area contributed by atoms with Gasteiger partial charge in [0.25, 0.3) is 0 Å². The molecule has 4 aromatic rings. The summed E-state index contributed by atoms with van der Waals surface area (Å²) in [5.41, 5.74) is 3.43. The SMILES string of the molecule is CCOc1ccc2nc(N3CCCN(Cc4nc5ccc(F)cc5[nH]4)CC3)nc(C)c2c1. The second-order valence-electron chi connectivity index (χ2n) is 8.18. The number of aryl methyl sites for hydroxylation is 1. The number of aromatic nitrogens is 4. The van der Waals surface area contributed by atoms with Gasteiger partial charge in [-0.1, -0.05) is 0 Å². The molecule has 8 heteroatoms. The normalized spacial score (nSPS) is 15.4. The zero-order valence-electron chi connectivity index (χ0n) is 18.4. The predicted molar refractivity (Wildman–Crippen MR) is 124 cm³/mol. The van der Waals surface area contributed by atoms with Crippen LogP contribution in [0.2, 0.25) is 0 Å². The predicted octanol–water partition coefficient (Wildman–Crippen LogP) is 4.06. The van der Waals surface area contributed by atoms with Crippen molar-refractivity contribution in [2.75, 3.05) is 37.7 Å². The molecule has 166 valence electrons. The van der Waals surface area contributed by atoms with E-state index in [1.807, 2.05) is 32.0 Å². The highest BCUT2D eigenvalue weighted by Gasteiger charge is 2.19. The Kier molecular flexibility index (Phi) is 5.61. The first-order valence-corrected chi connectivity index (χ1v) is 11.1. The molecule has 1 N–H and O–H groups in total. The molecule has 0 aliphatic carbocycles. The number of benzene rings is 2. The van der Waals surface area contributed by atoms with Crippen molar-refractivity contribution >= 4 is 27.9 Å². The topological polar surface area (TPSA) is 70.2 Å². The summed E-state index contributed by atoms with van der Waals surface area (Å²) in [7, 11) is 0. The second-order valence-corrected chi connectivity index (χ2v) is 8.18. The zero-order chi connectivity index (χ0) is 22.1. The van der Waals surface area contributed by atoms with E-state index < -0.39 is 0 Å². The molecule has 0 unspecified atom stereocenters. The Morgan fingerprint density at radius 3 is 2.75 bits per heavy atom. The van der Waals surface area contributed by atoms with Crippen molar-refractivity contribution < 1.29 is 9.13 Å². The molecule has 0 bridgehead atoms. The average Bonchev–Trinajstić information content (AvgIpc) is 3.02. The van der Waals surface area contributed by atoms with E-state index in [-0.39, 0.29) is 5.82 Å². The van der Waals surface area contributed by atoms with Gasteiger partial charge in [0.1, 0.15) is 17.4 Å². The van der Waals surface area contributed by atoms with Crippen LogP contribution < -0.4 is 9.64 Å². The number of H-pyrrole nitrogens is 1. The lowest BCUT2D eigenvalue weighted by molar-refractivity contribution is 0.279. The Bertz CT molecular complexity index is 1260. The van der Waals surface area contributed by atoms with Crippen molar-refractivity contribution in [3.05, 3.63) is 53.7 Å². The van der Waals surface area contributed by atoms with Gasteiger partial charge in [-0.2, -0.15) is 0 Å². The fraction of sp³-hybridized carbons (Fsp3) is 0.375. The van der Waals surface area contributed by atoms with E-state index in [2.05, 4.69) is 19.8 Å². The van der Waals surface area contributed by atoms with Crippen molar-refractivity contribution in [2.24, 2.45) is 0 Å². The maximum Gasteiger partial charge on any atom is 0.226 e. The maximum absolute atomic E-state index is 13.5. The number of aromatic amines is 1. The maximum atomic E-state index is 13.5. The number of anilines is 1. The molecule has 1 aliphatic heterocycles. The van der Waals surface area contributed by atoms with Crippen molar-refractivity contribution in [1.82, 2.24) is 24.8 Å². The third-order valence-electron chi connectivity index (χ3n) is 5.89. The molecule has 1 saturated heterocycles. The standard InChI is InChI=1S/C24H27FN6O/c1-3-32-18-6-8-20-19(14-18)16(2)26-24(29-20)31-10-4-9-30(11-12-31)15-23-27-21-7-5-17(25)13-22(21)28-23/h5-8,13-14H,3-4,9-12,15H2,1-2H3,(H,27,28). The molecule has 7 nitrogen and oxygen atoms in total. The van der Waals surface area contributed by atoms with Crippen LogP contribution in [-0.2, 0) is 6.54 Å². The lowest BCUT2D eigenvalue weighted by Crippen LogP contribution is -2.31. The van der Waals surface area contributed by atoms with Gasteiger partial charge in [-0.25, -0.2) is 19.3 Å². The summed E-state index contributed by atoms with van der Waals surface area (Å²) in [6.45, 7) is 8.95. The molecule has 1 fully saturated rings. The molecule has 1 aliphatic rings. The summed E-state index contributed by atoms with van der Waals surface area (Å²) in [6.07, 6.45) is 1.01. The third-order valence-corrected chi connectivity index (χ3v) is 5.89. The fourth-order valence-electron chi connectivity index (χ4n) is 4.29. The first-order chi connectivity index (χ1) is 15.6. The van der Waals surface area contributed by atoms with E-state index in [0.29, 0.717) is 13.2 Å². The molecule has 5 rings (SSSR count). The summed E-state index contributed by atoms with van der Waals surface area (Å²) in [5.74, 6) is 2.23. The van der Waals surface area contributed by atoms with Gasteiger partial charge < -0.3 is 14.6 Å². The molecule has 32 heavy (non-hydrogen) atoms. The van der Waals surface area contributed by atoms with Gasteiger partial charge in [-0.05, 0) is 56.7 Å². The van der Waals surface area contributed by atoms with Crippen LogP contribution in [0.3, 0.4) is 0 Å². The van der Waals surface area contributed by atoms with Crippen LogP contribution in [0.1, 0.15) is 24.9 Å². The minimum atomic E-state index is -0.252. The number of ether oxygens (including phenoxy) is 1. The van der Waals surface area contributed by atoms with Gasteiger partial charge in [0.15, 0.2) is 0 Å². The number of hydrogen-bond acceptors (Lipinski definition) is 6. The number of nitrogens with one attached hydrogen (secondary N) is 1. The molecular formula is C24H27FN6O. The van der Waals surface area contributed by atoms with E-state index in [9.17, 15) is 4.39 Å². The van der Waals surface area contributed by atoms with Crippen LogP contribution >= 0.6 is 0 Å². The van der Waals surface area contributed by atoms with E-state index in [1.54, 1.807) is 6.07 Å². The molecule has 0 radical (unpaired) electrons. The molecule has 0 amide bonds. The third kappa shape index (κ3) is 4.23. The molecule has 0 atom stereocenters. The highest BCUT2D eigenvalue weighted by molar-refractivity contribution is 5.83. The van der Waals surface area contributed by atoms with Crippen LogP contribution in [-0.4, -0.2) is 57.6 Å². The quantitative estimate of drug-likeness (QED) is 0.511. The first kappa shape index (κ1) is 20.6. The van der Waals surface area contributed by atoms with Crippen molar-refractivity contribution in [2.45, 2.75) is 26.8 Å². The van der Waals surface area contributed by atoms with Crippen LogP contribution in [0.4, 0.5) is 10.3 Å². The van der Waals surface area contributed by atoms with E-state index in [1.165, 1.54) is 12.1 Å². The zero-order valence-corrected chi connectivity index (χ0v) is 18.4. The lowest BCUT2D eigenvalue weighted by Gasteiger charge is -2.22.